The van der Waals surface area contributed by atoms with Crippen molar-refractivity contribution in [2.75, 3.05) is 11.9 Å². The van der Waals surface area contributed by atoms with E-state index in [1.54, 1.807) is 0 Å². The molecular formula is C15H10ClNO. The Morgan fingerprint density at radius 3 is 2.89 bits per heavy atom. The van der Waals surface area contributed by atoms with Crippen molar-refractivity contribution in [1.82, 2.24) is 0 Å². The van der Waals surface area contributed by atoms with Crippen LogP contribution in [0.3, 0.4) is 0 Å². The minimum atomic E-state index is 0.757. The van der Waals surface area contributed by atoms with E-state index < -0.39 is 0 Å². The van der Waals surface area contributed by atoms with Gasteiger partial charge in [0.25, 0.3) is 0 Å². The minimum absolute atomic E-state index is 0.757. The van der Waals surface area contributed by atoms with Crippen LogP contribution < -0.4 is 5.32 Å². The van der Waals surface area contributed by atoms with Crippen LogP contribution in [0.1, 0.15) is 5.56 Å². The quantitative estimate of drug-likeness (QED) is 0.631. The van der Waals surface area contributed by atoms with Gasteiger partial charge in [-0.1, -0.05) is 42.0 Å². The summed E-state index contributed by atoms with van der Waals surface area (Å²) in [6, 6.07) is 10.0. The summed E-state index contributed by atoms with van der Waals surface area (Å²) in [6.45, 7) is 0.811. The standard InChI is InChI=1S/C15H10ClNO/c16-13-5-1-3-10-9(13)6-7-11-12-4-2-8-17-15(12)18-14(10)11/h1-7,17H,8H2. The monoisotopic (exact) mass is 255 g/mol. The fraction of sp³-hybridized carbons (Fsp3) is 0.0667. The van der Waals surface area contributed by atoms with Gasteiger partial charge in [0.2, 0.25) is 5.88 Å². The van der Waals surface area contributed by atoms with Crippen molar-refractivity contribution in [3.8, 4) is 0 Å². The van der Waals surface area contributed by atoms with E-state index in [0.29, 0.717) is 0 Å². The predicted molar refractivity (Wildman–Crippen MR) is 76.3 cm³/mol. The number of halogens is 1. The molecule has 0 unspecified atom stereocenters. The van der Waals surface area contributed by atoms with Gasteiger partial charge in [0.15, 0.2) is 0 Å². The fourth-order valence-corrected chi connectivity index (χ4v) is 2.76. The van der Waals surface area contributed by atoms with Crippen LogP contribution in [-0.2, 0) is 0 Å². The number of benzene rings is 2. The molecule has 0 saturated heterocycles. The zero-order valence-electron chi connectivity index (χ0n) is 9.53. The fourth-order valence-electron chi connectivity index (χ4n) is 2.52. The SMILES string of the molecule is Clc1cccc2c1ccc1c3c(oc12)NCC=C3. The summed E-state index contributed by atoms with van der Waals surface area (Å²) < 4.78 is 5.94. The van der Waals surface area contributed by atoms with Gasteiger partial charge in [0.05, 0.1) is 0 Å². The smallest absolute Gasteiger partial charge is 0.201 e. The third-order valence-electron chi connectivity index (χ3n) is 3.36. The Bertz CT molecular complexity index is 801. The summed E-state index contributed by atoms with van der Waals surface area (Å²) in [4.78, 5) is 0. The highest BCUT2D eigenvalue weighted by molar-refractivity contribution is 6.36. The van der Waals surface area contributed by atoms with Gasteiger partial charge >= 0.3 is 0 Å². The van der Waals surface area contributed by atoms with Crippen molar-refractivity contribution in [2.24, 2.45) is 0 Å². The average Bonchev–Trinajstić information content (AvgIpc) is 2.78. The second kappa shape index (κ2) is 3.53. The van der Waals surface area contributed by atoms with Crippen LogP contribution in [0.15, 0.2) is 40.8 Å². The molecule has 4 rings (SSSR count). The Balaban J connectivity index is 2.21. The normalized spacial score (nSPS) is 13.8. The van der Waals surface area contributed by atoms with Gasteiger partial charge in [-0.3, -0.25) is 0 Å². The number of furan rings is 1. The molecule has 1 aromatic heterocycles. The number of anilines is 1. The van der Waals surface area contributed by atoms with Gasteiger partial charge in [-0.15, -0.1) is 0 Å². The first-order chi connectivity index (χ1) is 8.84. The molecule has 0 spiro atoms. The lowest BCUT2D eigenvalue weighted by Crippen LogP contribution is -2.01. The molecule has 2 heterocycles. The molecule has 0 atom stereocenters. The Hall–Kier alpha value is -1.93. The molecule has 0 amide bonds. The van der Waals surface area contributed by atoms with Crippen LogP contribution in [-0.4, -0.2) is 6.54 Å². The highest BCUT2D eigenvalue weighted by Gasteiger charge is 2.16. The van der Waals surface area contributed by atoms with E-state index in [4.69, 9.17) is 16.0 Å². The third kappa shape index (κ3) is 1.24. The van der Waals surface area contributed by atoms with Gasteiger partial charge in [0, 0.05) is 33.3 Å². The number of fused-ring (bicyclic) bond motifs is 5. The van der Waals surface area contributed by atoms with Crippen molar-refractivity contribution >= 4 is 45.3 Å². The van der Waals surface area contributed by atoms with Gasteiger partial charge in [-0.2, -0.15) is 0 Å². The van der Waals surface area contributed by atoms with Gasteiger partial charge in [-0.05, 0) is 12.1 Å². The number of nitrogens with one attached hydrogen (secondary N) is 1. The van der Waals surface area contributed by atoms with Crippen LogP contribution in [0.2, 0.25) is 5.02 Å². The molecule has 88 valence electrons. The van der Waals surface area contributed by atoms with Crippen LogP contribution >= 0.6 is 11.6 Å². The Kier molecular flexibility index (Phi) is 1.97. The van der Waals surface area contributed by atoms with E-state index in [1.807, 2.05) is 18.2 Å². The van der Waals surface area contributed by atoms with Crippen molar-refractivity contribution in [1.29, 1.82) is 0 Å². The number of rotatable bonds is 0. The van der Waals surface area contributed by atoms with Gasteiger partial charge in [-0.25, -0.2) is 0 Å². The lowest BCUT2D eigenvalue weighted by atomic mass is 10.0. The summed E-state index contributed by atoms with van der Waals surface area (Å²) in [5.74, 6) is 0.847. The van der Waals surface area contributed by atoms with Crippen LogP contribution in [0.25, 0.3) is 27.8 Å². The zero-order valence-corrected chi connectivity index (χ0v) is 10.3. The first-order valence-electron chi connectivity index (χ1n) is 5.89. The molecule has 0 aliphatic carbocycles. The van der Waals surface area contributed by atoms with Crippen LogP contribution in [0.5, 0.6) is 0 Å². The summed E-state index contributed by atoms with van der Waals surface area (Å²) in [5.41, 5.74) is 2.03. The lowest BCUT2D eigenvalue weighted by Gasteiger charge is -2.04. The van der Waals surface area contributed by atoms with E-state index >= 15 is 0 Å². The molecule has 1 aliphatic heterocycles. The van der Waals surface area contributed by atoms with E-state index in [1.165, 1.54) is 0 Å². The molecule has 3 heteroatoms. The molecule has 0 saturated carbocycles. The molecule has 1 aliphatic rings. The van der Waals surface area contributed by atoms with E-state index in [0.717, 1.165) is 44.8 Å². The summed E-state index contributed by atoms with van der Waals surface area (Å²) >= 11 is 6.21. The average molecular weight is 256 g/mol. The van der Waals surface area contributed by atoms with Crippen LogP contribution in [0, 0.1) is 0 Å². The summed E-state index contributed by atoms with van der Waals surface area (Å²) in [5, 5.41) is 7.22. The third-order valence-corrected chi connectivity index (χ3v) is 3.69. The topological polar surface area (TPSA) is 25.2 Å². The Labute approximate surface area is 109 Å². The minimum Gasteiger partial charge on any atom is -0.439 e. The highest BCUT2D eigenvalue weighted by Crippen LogP contribution is 2.38. The molecule has 3 aromatic rings. The maximum Gasteiger partial charge on any atom is 0.201 e. The largest absolute Gasteiger partial charge is 0.439 e. The van der Waals surface area contributed by atoms with E-state index in [9.17, 15) is 0 Å². The molecule has 0 fully saturated rings. The maximum absolute atomic E-state index is 6.21. The predicted octanol–water partition coefficient (Wildman–Crippen LogP) is 4.68. The molecule has 2 aromatic carbocycles. The Morgan fingerprint density at radius 1 is 1.06 bits per heavy atom. The molecular weight excluding hydrogens is 246 g/mol. The molecule has 1 N–H and O–H groups in total. The highest BCUT2D eigenvalue weighted by atomic mass is 35.5. The molecule has 18 heavy (non-hydrogen) atoms. The van der Waals surface area contributed by atoms with Crippen molar-refractivity contribution in [3.05, 3.63) is 47.0 Å². The second-order valence-corrected chi connectivity index (χ2v) is 4.81. The van der Waals surface area contributed by atoms with Crippen LogP contribution in [0.4, 0.5) is 5.88 Å². The van der Waals surface area contributed by atoms with Gasteiger partial charge in [0.1, 0.15) is 5.58 Å². The first kappa shape index (κ1) is 10.0. The molecule has 0 bridgehead atoms. The van der Waals surface area contributed by atoms with E-state index in [2.05, 4.69) is 29.6 Å². The molecule has 0 radical (unpaired) electrons. The van der Waals surface area contributed by atoms with Gasteiger partial charge < -0.3 is 9.73 Å². The van der Waals surface area contributed by atoms with Crippen molar-refractivity contribution in [2.45, 2.75) is 0 Å². The number of hydrogen-bond donors (Lipinski definition) is 1. The van der Waals surface area contributed by atoms with Crippen molar-refractivity contribution < 1.29 is 4.42 Å². The lowest BCUT2D eigenvalue weighted by molar-refractivity contribution is 0.631. The summed E-state index contributed by atoms with van der Waals surface area (Å²) in [6.07, 6.45) is 4.20. The zero-order chi connectivity index (χ0) is 12.1. The number of hydrogen-bond acceptors (Lipinski definition) is 2. The maximum atomic E-state index is 6.21. The summed E-state index contributed by atoms with van der Waals surface area (Å²) in [7, 11) is 0. The Morgan fingerprint density at radius 2 is 1.94 bits per heavy atom. The first-order valence-corrected chi connectivity index (χ1v) is 6.26. The molecule has 2 nitrogen and oxygen atoms in total. The second-order valence-electron chi connectivity index (χ2n) is 4.41. The van der Waals surface area contributed by atoms with Crippen molar-refractivity contribution in [3.63, 3.8) is 0 Å². The van der Waals surface area contributed by atoms with E-state index in [-0.39, 0.29) is 0 Å².